The van der Waals surface area contributed by atoms with E-state index in [2.05, 4.69) is 0 Å². The summed E-state index contributed by atoms with van der Waals surface area (Å²) in [7, 11) is 0. The highest BCUT2D eigenvalue weighted by Gasteiger charge is 2.49. The molecule has 0 atom stereocenters. The minimum atomic E-state index is -0.753. The molecule has 1 aliphatic rings. The molecule has 0 aromatic carbocycles. The highest BCUT2D eigenvalue weighted by atomic mass is 16.5. The molecule has 3 heteroatoms. The zero-order valence-corrected chi connectivity index (χ0v) is 11.0. The van der Waals surface area contributed by atoms with Crippen LogP contribution in [0.25, 0.3) is 6.08 Å². The average Bonchev–Trinajstić information content (AvgIpc) is 2.62. The van der Waals surface area contributed by atoms with E-state index in [4.69, 9.17) is 9.15 Å². The Morgan fingerprint density at radius 1 is 1.12 bits per heavy atom. The van der Waals surface area contributed by atoms with E-state index in [1.807, 2.05) is 32.9 Å². The van der Waals surface area contributed by atoms with Gasteiger partial charge in [-0.25, -0.2) is 0 Å². The van der Waals surface area contributed by atoms with Gasteiger partial charge in [0.05, 0.1) is 5.60 Å². The van der Waals surface area contributed by atoms with Gasteiger partial charge in [-0.1, -0.05) is 0 Å². The highest BCUT2D eigenvalue weighted by Crippen LogP contribution is 2.39. The van der Waals surface area contributed by atoms with Crippen LogP contribution in [0.15, 0.2) is 22.1 Å². The summed E-state index contributed by atoms with van der Waals surface area (Å²) in [4.78, 5) is 12.2. The Labute approximate surface area is 101 Å². The van der Waals surface area contributed by atoms with Crippen LogP contribution in [0.1, 0.15) is 39.2 Å². The van der Waals surface area contributed by atoms with E-state index in [0.717, 1.165) is 5.76 Å². The van der Waals surface area contributed by atoms with Crippen molar-refractivity contribution in [2.24, 2.45) is 0 Å². The number of Topliss-reactive ketones (excluding diaryl/α,β-unsaturated/α-hetero) is 1. The van der Waals surface area contributed by atoms with Gasteiger partial charge in [0.25, 0.3) is 0 Å². The molecule has 3 nitrogen and oxygen atoms in total. The molecule has 92 valence electrons. The van der Waals surface area contributed by atoms with Gasteiger partial charge in [0.2, 0.25) is 0 Å². The van der Waals surface area contributed by atoms with Crippen LogP contribution in [0.4, 0.5) is 0 Å². The molecule has 1 aliphatic heterocycles. The van der Waals surface area contributed by atoms with Crippen LogP contribution < -0.4 is 0 Å². The molecule has 0 N–H and O–H groups in total. The first kappa shape index (κ1) is 12.1. The third-order valence-corrected chi connectivity index (χ3v) is 3.00. The number of carbonyl (C=O) groups is 1. The van der Waals surface area contributed by atoms with Gasteiger partial charge >= 0.3 is 0 Å². The minimum absolute atomic E-state index is 0.0246. The van der Waals surface area contributed by atoms with Crippen molar-refractivity contribution in [3.8, 4) is 0 Å². The Morgan fingerprint density at radius 3 is 2.18 bits per heavy atom. The normalized spacial score (nSPS) is 24.5. The predicted molar refractivity (Wildman–Crippen MR) is 65.7 cm³/mol. The summed E-state index contributed by atoms with van der Waals surface area (Å²) in [5, 5.41) is 0. The standard InChI is InChI=1S/C14H18O3/c1-9-6-7-10(16-9)8-11-12(15)14(4,5)17-13(11,2)3/h6-8H,1-5H3/b11-8-. The van der Waals surface area contributed by atoms with E-state index in [1.165, 1.54) is 0 Å². The number of ether oxygens (including phenoxy) is 1. The van der Waals surface area contributed by atoms with Crippen molar-refractivity contribution < 1.29 is 13.9 Å². The second-order valence-corrected chi connectivity index (χ2v) is 5.46. The van der Waals surface area contributed by atoms with Crippen molar-refractivity contribution in [3.63, 3.8) is 0 Å². The van der Waals surface area contributed by atoms with Crippen molar-refractivity contribution >= 4 is 11.9 Å². The van der Waals surface area contributed by atoms with Crippen molar-refractivity contribution in [2.45, 2.75) is 45.8 Å². The molecule has 1 aromatic heterocycles. The van der Waals surface area contributed by atoms with Gasteiger partial charge in [-0.05, 0) is 52.8 Å². The number of hydrogen-bond acceptors (Lipinski definition) is 3. The summed E-state index contributed by atoms with van der Waals surface area (Å²) in [5.41, 5.74) is -0.657. The van der Waals surface area contributed by atoms with E-state index in [0.29, 0.717) is 11.3 Å². The second-order valence-electron chi connectivity index (χ2n) is 5.46. The Bertz CT molecular complexity index is 489. The molecule has 2 rings (SSSR count). The zero-order chi connectivity index (χ0) is 12.8. The molecule has 0 unspecified atom stereocenters. The molecule has 0 spiro atoms. The lowest BCUT2D eigenvalue weighted by Crippen LogP contribution is -2.29. The van der Waals surface area contributed by atoms with Gasteiger partial charge in [0.15, 0.2) is 5.78 Å². The fraction of sp³-hybridized carbons (Fsp3) is 0.500. The summed E-state index contributed by atoms with van der Waals surface area (Å²) in [6, 6.07) is 3.74. The minimum Gasteiger partial charge on any atom is -0.462 e. The fourth-order valence-corrected chi connectivity index (χ4v) is 2.25. The van der Waals surface area contributed by atoms with Crippen molar-refractivity contribution in [1.29, 1.82) is 0 Å². The lowest BCUT2D eigenvalue weighted by atomic mass is 9.92. The van der Waals surface area contributed by atoms with Crippen molar-refractivity contribution in [2.75, 3.05) is 0 Å². The first-order chi connectivity index (χ1) is 7.72. The SMILES string of the molecule is Cc1ccc(/C=C2/C(=O)C(C)(C)OC2(C)C)o1. The van der Waals surface area contributed by atoms with Crippen LogP contribution in [0.5, 0.6) is 0 Å². The maximum Gasteiger partial charge on any atom is 0.193 e. The Kier molecular flexibility index (Phi) is 2.54. The molecule has 17 heavy (non-hydrogen) atoms. The zero-order valence-electron chi connectivity index (χ0n) is 11.0. The summed E-state index contributed by atoms with van der Waals surface area (Å²) in [5.74, 6) is 1.55. The van der Waals surface area contributed by atoms with Crippen LogP contribution in [-0.4, -0.2) is 17.0 Å². The summed E-state index contributed by atoms with van der Waals surface area (Å²) in [6.45, 7) is 9.28. The molecule has 0 amide bonds. The topological polar surface area (TPSA) is 39.4 Å². The van der Waals surface area contributed by atoms with Crippen LogP contribution in [0, 0.1) is 6.92 Å². The largest absolute Gasteiger partial charge is 0.462 e. The maximum atomic E-state index is 12.2. The lowest BCUT2D eigenvalue weighted by Gasteiger charge is -2.22. The number of hydrogen-bond donors (Lipinski definition) is 0. The number of furan rings is 1. The smallest absolute Gasteiger partial charge is 0.193 e. The Morgan fingerprint density at radius 2 is 1.76 bits per heavy atom. The monoisotopic (exact) mass is 234 g/mol. The van der Waals surface area contributed by atoms with Crippen molar-refractivity contribution in [3.05, 3.63) is 29.2 Å². The molecule has 0 saturated carbocycles. The van der Waals surface area contributed by atoms with Crippen LogP contribution in [-0.2, 0) is 9.53 Å². The fourth-order valence-electron chi connectivity index (χ4n) is 2.25. The molecular formula is C14H18O3. The lowest BCUT2D eigenvalue weighted by molar-refractivity contribution is -0.132. The van der Waals surface area contributed by atoms with Gasteiger partial charge in [-0.3, -0.25) is 4.79 Å². The first-order valence-corrected chi connectivity index (χ1v) is 5.76. The maximum absolute atomic E-state index is 12.2. The molecule has 0 aliphatic carbocycles. The van der Waals surface area contributed by atoms with E-state index < -0.39 is 11.2 Å². The van der Waals surface area contributed by atoms with Crippen LogP contribution in [0.2, 0.25) is 0 Å². The van der Waals surface area contributed by atoms with Crippen molar-refractivity contribution in [1.82, 2.24) is 0 Å². The Balaban J connectivity index is 2.44. The number of aryl methyl sites for hydroxylation is 1. The molecule has 1 aromatic rings. The molecule has 0 bridgehead atoms. The van der Waals surface area contributed by atoms with E-state index in [9.17, 15) is 4.79 Å². The third kappa shape index (κ3) is 2.07. The summed E-state index contributed by atoms with van der Waals surface area (Å²) < 4.78 is 11.3. The number of carbonyl (C=O) groups excluding carboxylic acids is 1. The average molecular weight is 234 g/mol. The van der Waals surface area contributed by atoms with Crippen LogP contribution in [0.3, 0.4) is 0 Å². The molecule has 2 heterocycles. The molecule has 1 saturated heterocycles. The summed E-state index contributed by atoms with van der Waals surface area (Å²) >= 11 is 0. The van der Waals surface area contributed by atoms with E-state index in [-0.39, 0.29) is 5.78 Å². The first-order valence-electron chi connectivity index (χ1n) is 5.76. The van der Waals surface area contributed by atoms with Gasteiger partial charge in [-0.2, -0.15) is 0 Å². The summed E-state index contributed by atoms with van der Waals surface area (Å²) in [6.07, 6.45) is 1.78. The molecule has 1 fully saturated rings. The third-order valence-electron chi connectivity index (χ3n) is 3.00. The second kappa shape index (κ2) is 3.57. The van der Waals surface area contributed by atoms with E-state index >= 15 is 0 Å². The Hall–Kier alpha value is -1.35. The van der Waals surface area contributed by atoms with Gasteiger partial charge < -0.3 is 9.15 Å². The van der Waals surface area contributed by atoms with Gasteiger partial charge in [-0.15, -0.1) is 0 Å². The molecule has 0 radical (unpaired) electrons. The van der Waals surface area contributed by atoms with Gasteiger partial charge in [0, 0.05) is 5.57 Å². The van der Waals surface area contributed by atoms with Gasteiger partial charge in [0.1, 0.15) is 17.1 Å². The number of ketones is 1. The van der Waals surface area contributed by atoms with E-state index in [1.54, 1.807) is 19.9 Å². The highest BCUT2D eigenvalue weighted by molar-refractivity contribution is 6.08. The van der Waals surface area contributed by atoms with Crippen LogP contribution >= 0.6 is 0 Å². The number of rotatable bonds is 1. The molecular weight excluding hydrogens is 216 g/mol. The predicted octanol–water partition coefficient (Wildman–Crippen LogP) is 3.13. The quantitative estimate of drug-likeness (QED) is 0.701.